The monoisotopic (exact) mass is 404 g/mol. The van der Waals surface area contributed by atoms with E-state index in [-0.39, 0.29) is 0 Å². The van der Waals surface area contributed by atoms with Crippen LogP contribution in [0.15, 0.2) is 30.6 Å². The molecule has 8 heteroatoms. The summed E-state index contributed by atoms with van der Waals surface area (Å²) in [6, 6.07) is 7.17. The molecule has 0 unspecified atom stereocenters. The predicted molar refractivity (Wildman–Crippen MR) is 112 cm³/mol. The molecule has 144 valence electrons. The number of hydrogen-bond acceptors (Lipinski definition) is 5. The zero-order valence-corrected chi connectivity index (χ0v) is 18.3. The Kier molecular flexibility index (Phi) is 4.96. The molecule has 0 radical (unpaired) electrons. The van der Waals surface area contributed by atoms with Crippen LogP contribution < -0.4 is 10.5 Å². The molecule has 0 aliphatic carbocycles. The zero-order valence-electron chi connectivity index (χ0n) is 16.5. The van der Waals surface area contributed by atoms with E-state index in [0.29, 0.717) is 22.3 Å². The molecule has 6 nitrogen and oxygen atoms in total. The van der Waals surface area contributed by atoms with Crippen LogP contribution >= 0.6 is 11.6 Å². The highest BCUT2D eigenvalue weighted by atomic mass is 35.5. The van der Waals surface area contributed by atoms with Crippen molar-refractivity contribution in [2.75, 3.05) is 5.73 Å². The van der Waals surface area contributed by atoms with Crippen LogP contribution in [0, 0.1) is 0 Å². The third kappa shape index (κ3) is 4.10. The lowest BCUT2D eigenvalue weighted by atomic mass is 10.1. The lowest BCUT2D eigenvalue weighted by molar-refractivity contribution is 0.0923. The van der Waals surface area contributed by atoms with Gasteiger partial charge in [-0.25, -0.2) is 4.98 Å². The minimum absolute atomic E-state index is 0.440. The summed E-state index contributed by atoms with van der Waals surface area (Å²) in [5.41, 5.74) is 8.43. The van der Waals surface area contributed by atoms with Gasteiger partial charge in [0.25, 0.3) is 0 Å². The number of halogens is 1. The summed E-state index contributed by atoms with van der Waals surface area (Å²) in [5.74, 6) is 1.02. The van der Waals surface area contributed by atoms with Gasteiger partial charge in [0.05, 0.1) is 27.5 Å². The summed E-state index contributed by atoms with van der Waals surface area (Å²) in [5, 5.41) is 0.440. The average Bonchev–Trinajstić information content (AvgIpc) is 2.88. The zero-order chi connectivity index (χ0) is 20.0. The third-order valence-electron chi connectivity index (χ3n) is 4.15. The minimum Gasteiger partial charge on any atom is -0.437 e. The fourth-order valence-corrected chi connectivity index (χ4v) is 5.10. The number of nitrogens with two attached hydrogens (primary N) is 1. The maximum atomic E-state index is 6.41. The SMILES string of the molecule is Cn1c(C(C)(C)O[Si](C)(C)C)cc2ncnc(Oc3ccc(N)c(Cl)c3)c21. The molecule has 0 atom stereocenters. The second-order valence-corrected chi connectivity index (χ2v) is 12.8. The summed E-state index contributed by atoms with van der Waals surface area (Å²) in [4.78, 5) is 8.73. The van der Waals surface area contributed by atoms with Gasteiger partial charge in [0.1, 0.15) is 17.6 Å². The number of ether oxygens (including phenoxy) is 1. The van der Waals surface area contributed by atoms with Gasteiger partial charge >= 0.3 is 0 Å². The molecule has 3 aromatic rings. The number of fused-ring (bicyclic) bond motifs is 1. The molecule has 0 saturated carbocycles. The molecule has 0 amide bonds. The van der Waals surface area contributed by atoms with E-state index in [1.54, 1.807) is 18.2 Å². The Bertz CT molecular complexity index is 995. The van der Waals surface area contributed by atoms with Gasteiger partial charge in [-0.05, 0) is 51.7 Å². The van der Waals surface area contributed by atoms with Crippen molar-refractivity contribution in [2.24, 2.45) is 7.05 Å². The van der Waals surface area contributed by atoms with Crippen LogP contribution in [0.1, 0.15) is 19.5 Å². The molecular formula is C19H25ClN4O2Si. The Balaban J connectivity index is 2.06. The van der Waals surface area contributed by atoms with Crippen LogP contribution in [-0.4, -0.2) is 22.9 Å². The molecule has 0 aliphatic heterocycles. The van der Waals surface area contributed by atoms with E-state index in [0.717, 1.165) is 16.7 Å². The number of aryl methyl sites for hydroxylation is 1. The molecule has 3 rings (SSSR count). The third-order valence-corrected chi connectivity index (χ3v) is 5.60. The molecule has 0 bridgehead atoms. The van der Waals surface area contributed by atoms with Crippen molar-refractivity contribution in [1.82, 2.24) is 14.5 Å². The van der Waals surface area contributed by atoms with Gasteiger partial charge in [-0.2, -0.15) is 4.98 Å². The molecule has 0 fully saturated rings. The summed E-state index contributed by atoms with van der Waals surface area (Å²) in [6.07, 6.45) is 1.49. The highest BCUT2D eigenvalue weighted by Crippen LogP contribution is 2.36. The Morgan fingerprint density at radius 1 is 1.15 bits per heavy atom. The van der Waals surface area contributed by atoms with Crippen molar-refractivity contribution in [2.45, 2.75) is 39.1 Å². The van der Waals surface area contributed by atoms with Gasteiger partial charge in [-0.3, -0.25) is 0 Å². The van der Waals surface area contributed by atoms with Gasteiger partial charge in [0.2, 0.25) is 5.88 Å². The molecule has 0 saturated heterocycles. The molecular weight excluding hydrogens is 380 g/mol. The van der Waals surface area contributed by atoms with E-state index >= 15 is 0 Å². The first-order chi connectivity index (χ1) is 12.5. The Labute approximate surface area is 165 Å². The number of nitrogen functional groups attached to an aromatic ring is 1. The van der Waals surface area contributed by atoms with E-state index in [2.05, 4.69) is 43.5 Å². The molecule has 27 heavy (non-hydrogen) atoms. The summed E-state index contributed by atoms with van der Waals surface area (Å²) in [6.45, 7) is 10.7. The standard InChI is InChI=1S/C19H25ClN4O2Si/c1-19(2,26-27(4,5)6)16-10-15-17(24(16)3)18(23-11-22-15)25-12-7-8-14(21)13(20)9-12/h7-11H,21H2,1-6H3. The van der Waals surface area contributed by atoms with Gasteiger partial charge in [-0.1, -0.05) is 11.6 Å². The average molecular weight is 405 g/mol. The number of anilines is 1. The number of benzene rings is 1. The fourth-order valence-electron chi connectivity index (χ4n) is 3.30. The lowest BCUT2D eigenvalue weighted by Crippen LogP contribution is -2.37. The summed E-state index contributed by atoms with van der Waals surface area (Å²) >= 11 is 6.10. The topological polar surface area (TPSA) is 75.2 Å². The first-order valence-corrected chi connectivity index (χ1v) is 12.5. The summed E-state index contributed by atoms with van der Waals surface area (Å²) in [7, 11) is 0.231. The van der Waals surface area contributed by atoms with Crippen LogP contribution in [0.3, 0.4) is 0 Å². The van der Waals surface area contributed by atoms with Crippen molar-refractivity contribution in [3.8, 4) is 11.6 Å². The fraction of sp³-hybridized carbons (Fsp3) is 0.368. The number of nitrogens with zero attached hydrogens (tertiary/aromatic N) is 3. The van der Waals surface area contributed by atoms with Gasteiger partial charge in [0, 0.05) is 13.1 Å². The van der Waals surface area contributed by atoms with E-state index < -0.39 is 13.9 Å². The van der Waals surface area contributed by atoms with Gasteiger partial charge < -0.3 is 19.5 Å². The highest BCUT2D eigenvalue weighted by molar-refractivity contribution is 6.69. The summed E-state index contributed by atoms with van der Waals surface area (Å²) < 4.78 is 14.4. The van der Waals surface area contributed by atoms with Crippen molar-refractivity contribution in [3.05, 3.63) is 41.3 Å². The minimum atomic E-state index is -1.74. The van der Waals surface area contributed by atoms with Crippen molar-refractivity contribution >= 4 is 36.6 Å². The Morgan fingerprint density at radius 2 is 1.85 bits per heavy atom. The Morgan fingerprint density at radius 3 is 2.48 bits per heavy atom. The van der Waals surface area contributed by atoms with E-state index in [1.807, 2.05) is 17.7 Å². The van der Waals surface area contributed by atoms with Crippen LogP contribution in [0.25, 0.3) is 11.0 Å². The van der Waals surface area contributed by atoms with Crippen molar-refractivity contribution in [1.29, 1.82) is 0 Å². The van der Waals surface area contributed by atoms with Gasteiger partial charge in [-0.15, -0.1) is 0 Å². The smallest absolute Gasteiger partial charge is 0.247 e. The molecule has 0 aliphatic rings. The van der Waals surface area contributed by atoms with Crippen LogP contribution in [0.4, 0.5) is 5.69 Å². The predicted octanol–water partition coefficient (Wildman–Crippen LogP) is 5.08. The quantitative estimate of drug-likeness (QED) is 0.473. The maximum absolute atomic E-state index is 6.41. The second kappa shape index (κ2) is 6.81. The number of rotatable bonds is 5. The maximum Gasteiger partial charge on any atom is 0.247 e. The van der Waals surface area contributed by atoms with E-state index in [9.17, 15) is 0 Å². The number of hydrogen-bond donors (Lipinski definition) is 1. The molecule has 2 N–H and O–H groups in total. The highest BCUT2D eigenvalue weighted by Gasteiger charge is 2.32. The van der Waals surface area contributed by atoms with Crippen LogP contribution in [0.2, 0.25) is 24.7 Å². The molecule has 0 spiro atoms. The molecule has 2 heterocycles. The van der Waals surface area contributed by atoms with Crippen LogP contribution in [-0.2, 0) is 17.1 Å². The van der Waals surface area contributed by atoms with Crippen LogP contribution in [0.5, 0.6) is 11.6 Å². The normalized spacial score (nSPS) is 12.6. The first kappa shape index (κ1) is 19.7. The molecule has 1 aromatic carbocycles. The number of aromatic nitrogens is 3. The van der Waals surface area contributed by atoms with Crippen molar-refractivity contribution in [3.63, 3.8) is 0 Å². The van der Waals surface area contributed by atoms with Gasteiger partial charge in [0.15, 0.2) is 8.32 Å². The van der Waals surface area contributed by atoms with Crippen molar-refractivity contribution < 1.29 is 9.16 Å². The first-order valence-electron chi connectivity index (χ1n) is 8.72. The van der Waals surface area contributed by atoms with E-state index in [1.165, 1.54) is 6.33 Å². The largest absolute Gasteiger partial charge is 0.437 e. The molecule has 2 aromatic heterocycles. The Hall–Kier alpha value is -2.09. The second-order valence-electron chi connectivity index (χ2n) is 8.01. The van der Waals surface area contributed by atoms with E-state index in [4.69, 9.17) is 26.5 Å². The lowest BCUT2D eigenvalue weighted by Gasteiger charge is -2.33.